The summed E-state index contributed by atoms with van der Waals surface area (Å²) in [6, 6.07) is 8.64. The predicted molar refractivity (Wildman–Crippen MR) is 79.0 cm³/mol. The number of imidazole rings is 1. The SMILES string of the molecule is O=C(NCC(F)(F)F)c1ccc2nc(-c3ccc(F)cc3)cn2c1. The van der Waals surface area contributed by atoms with E-state index in [1.54, 1.807) is 18.3 Å². The fourth-order valence-corrected chi connectivity index (χ4v) is 2.17. The van der Waals surface area contributed by atoms with Gasteiger partial charge in [0.15, 0.2) is 0 Å². The number of halogens is 4. The monoisotopic (exact) mass is 337 g/mol. The van der Waals surface area contributed by atoms with Crippen LogP contribution < -0.4 is 5.32 Å². The molecule has 0 radical (unpaired) electrons. The van der Waals surface area contributed by atoms with E-state index in [9.17, 15) is 22.4 Å². The van der Waals surface area contributed by atoms with Crippen molar-refractivity contribution in [1.29, 1.82) is 0 Å². The third kappa shape index (κ3) is 3.53. The molecular formula is C16H11F4N3O. The summed E-state index contributed by atoms with van der Waals surface area (Å²) in [4.78, 5) is 16.1. The second-order valence-electron chi connectivity index (χ2n) is 5.11. The highest BCUT2D eigenvalue weighted by Crippen LogP contribution is 2.20. The van der Waals surface area contributed by atoms with Crippen LogP contribution in [0.15, 0.2) is 48.8 Å². The molecular weight excluding hydrogens is 326 g/mol. The van der Waals surface area contributed by atoms with E-state index in [0.717, 1.165) is 0 Å². The smallest absolute Gasteiger partial charge is 0.343 e. The molecule has 0 spiro atoms. The zero-order valence-corrected chi connectivity index (χ0v) is 12.1. The summed E-state index contributed by atoms with van der Waals surface area (Å²) < 4.78 is 50.9. The van der Waals surface area contributed by atoms with Gasteiger partial charge in [-0.05, 0) is 36.4 Å². The number of fused-ring (bicyclic) bond motifs is 1. The summed E-state index contributed by atoms with van der Waals surface area (Å²) in [6.07, 6.45) is -1.46. The molecule has 1 N–H and O–H groups in total. The van der Waals surface area contributed by atoms with Crippen LogP contribution in [0.3, 0.4) is 0 Å². The number of pyridine rings is 1. The molecule has 0 atom stereocenters. The van der Waals surface area contributed by atoms with Crippen LogP contribution in [-0.4, -0.2) is 28.0 Å². The van der Waals surface area contributed by atoms with Gasteiger partial charge in [0.2, 0.25) is 0 Å². The number of nitrogens with zero attached hydrogens (tertiary/aromatic N) is 2. The number of hydrogen-bond acceptors (Lipinski definition) is 2. The van der Waals surface area contributed by atoms with Gasteiger partial charge in [0, 0.05) is 18.0 Å². The van der Waals surface area contributed by atoms with Gasteiger partial charge in [-0.1, -0.05) is 0 Å². The van der Waals surface area contributed by atoms with E-state index < -0.39 is 18.6 Å². The first kappa shape index (κ1) is 16.0. The molecule has 0 bridgehead atoms. The molecule has 0 aliphatic heterocycles. The van der Waals surface area contributed by atoms with Crippen LogP contribution in [0, 0.1) is 5.82 Å². The number of hydrogen-bond donors (Lipinski definition) is 1. The van der Waals surface area contributed by atoms with Gasteiger partial charge in [0.25, 0.3) is 5.91 Å². The van der Waals surface area contributed by atoms with Crippen LogP contribution in [0.1, 0.15) is 10.4 Å². The topological polar surface area (TPSA) is 46.4 Å². The van der Waals surface area contributed by atoms with E-state index in [1.165, 1.54) is 34.9 Å². The predicted octanol–water partition coefficient (Wildman–Crippen LogP) is 3.43. The average Bonchev–Trinajstić information content (AvgIpc) is 2.95. The van der Waals surface area contributed by atoms with Crippen molar-refractivity contribution >= 4 is 11.6 Å². The van der Waals surface area contributed by atoms with E-state index >= 15 is 0 Å². The quantitative estimate of drug-likeness (QED) is 0.744. The van der Waals surface area contributed by atoms with Crippen molar-refractivity contribution < 1.29 is 22.4 Å². The molecule has 0 unspecified atom stereocenters. The van der Waals surface area contributed by atoms with E-state index in [0.29, 0.717) is 16.9 Å². The minimum atomic E-state index is -4.47. The number of carbonyl (C=O) groups is 1. The van der Waals surface area contributed by atoms with Crippen LogP contribution in [0.4, 0.5) is 17.6 Å². The summed E-state index contributed by atoms with van der Waals surface area (Å²) in [5.41, 5.74) is 1.84. The molecule has 0 saturated heterocycles. The Bertz CT molecular complexity index is 884. The Morgan fingerprint density at radius 2 is 1.79 bits per heavy atom. The van der Waals surface area contributed by atoms with Gasteiger partial charge in [-0.2, -0.15) is 13.2 Å². The molecule has 0 fully saturated rings. The fourth-order valence-electron chi connectivity index (χ4n) is 2.17. The molecule has 1 aromatic carbocycles. The Morgan fingerprint density at radius 1 is 1.08 bits per heavy atom. The zero-order chi connectivity index (χ0) is 17.3. The lowest BCUT2D eigenvalue weighted by atomic mass is 10.2. The maximum absolute atomic E-state index is 13.0. The third-order valence-electron chi connectivity index (χ3n) is 3.30. The van der Waals surface area contributed by atoms with E-state index in [2.05, 4.69) is 4.98 Å². The number of amides is 1. The highest BCUT2D eigenvalue weighted by atomic mass is 19.4. The van der Waals surface area contributed by atoms with Crippen molar-refractivity contribution in [2.45, 2.75) is 6.18 Å². The van der Waals surface area contributed by atoms with Gasteiger partial charge in [-0.15, -0.1) is 0 Å². The summed E-state index contributed by atoms with van der Waals surface area (Å²) in [5.74, 6) is -1.20. The number of alkyl halides is 3. The molecule has 3 rings (SSSR count). The lowest BCUT2D eigenvalue weighted by Crippen LogP contribution is -2.33. The summed E-state index contributed by atoms with van der Waals surface area (Å²) in [5, 5.41) is 1.81. The van der Waals surface area contributed by atoms with Gasteiger partial charge in [0.1, 0.15) is 18.0 Å². The van der Waals surface area contributed by atoms with Gasteiger partial charge in [0.05, 0.1) is 11.3 Å². The first-order valence-corrected chi connectivity index (χ1v) is 6.91. The minimum absolute atomic E-state index is 0.0785. The maximum Gasteiger partial charge on any atom is 0.405 e. The Balaban J connectivity index is 1.86. The van der Waals surface area contributed by atoms with Crippen LogP contribution in [0.5, 0.6) is 0 Å². The van der Waals surface area contributed by atoms with Gasteiger partial charge < -0.3 is 9.72 Å². The lowest BCUT2D eigenvalue weighted by Gasteiger charge is -2.08. The van der Waals surface area contributed by atoms with Gasteiger partial charge in [-0.25, -0.2) is 9.37 Å². The molecule has 24 heavy (non-hydrogen) atoms. The number of nitrogens with one attached hydrogen (secondary N) is 1. The third-order valence-corrected chi connectivity index (χ3v) is 3.30. The number of rotatable bonds is 3. The molecule has 124 valence electrons. The van der Waals surface area contributed by atoms with Crippen molar-refractivity contribution in [1.82, 2.24) is 14.7 Å². The highest BCUT2D eigenvalue weighted by Gasteiger charge is 2.27. The van der Waals surface area contributed by atoms with E-state index in [4.69, 9.17) is 0 Å². The van der Waals surface area contributed by atoms with E-state index in [-0.39, 0.29) is 11.4 Å². The molecule has 3 aromatic rings. The standard InChI is InChI=1S/C16H11F4N3O/c17-12-4-1-10(2-5-12)13-8-23-7-11(3-6-14(23)22-13)15(24)21-9-16(18,19)20/h1-8H,9H2,(H,21,24). The Kier molecular flexibility index (Phi) is 3.96. The molecule has 2 heterocycles. The molecule has 8 heteroatoms. The highest BCUT2D eigenvalue weighted by molar-refractivity contribution is 5.94. The van der Waals surface area contributed by atoms with E-state index in [1.807, 2.05) is 5.32 Å². The number of aromatic nitrogens is 2. The molecule has 2 aromatic heterocycles. The van der Waals surface area contributed by atoms with Crippen LogP contribution in [0.2, 0.25) is 0 Å². The second-order valence-corrected chi connectivity index (χ2v) is 5.11. The minimum Gasteiger partial charge on any atom is -0.343 e. The molecule has 0 aliphatic carbocycles. The Labute approximate surface area is 133 Å². The maximum atomic E-state index is 13.0. The molecule has 1 amide bonds. The fraction of sp³-hybridized carbons (Fsp3) is 0.125. The van der Waals surface area contributed by atoms with Crippen molar-refractivity contribution in [3.8, 4) is 11.3 Å². The first-order chi connectivity index (χ1) is 11.3. The van der Waals surface area contributed by atoms with Crippen LogP contribution in [-0.2, 0) is 0 Å². The zero-order valence-electron chi connectivity index (χ0n) is 12.1. The van der Waals surface area contributed by atoms with Crippen molar-refractivity contribution in [2.75, 3.05) is 6.54 Å². The summed E-state index contributed by atoms with van der Waals surface area (Å²) in [6.45, 7) is -1.39. The molecule has 4 nitrogen and oxygen atoms in total. The second kappa shape index (κ2) is 5.95. The van der Waals surface area contributed by atoms with Crippen molar-refractivity contribution in [3.63, 3.8) is 0 Å². The number of benzene rings is 1. The summed E-state index contributed by atoms with van der Waals surface area (Å²) >= 11 is 0. The van der Waals surface area contributed by atoms with Gasteiger partial charge >= 0.3 is 6.18 Å². The van der Waals surface area contributed by atoms with Crippen LogP contribution in [0.25, 0.3) is 16.9 Å². The molecule has 0 aliphatic rings. The Morgan fingerprint density at radius 3 is 2.46 bits per heavy atom. The van der Waals surface area contributed by atoms with Crippen molar-refractivity contribution in [3.05, 3.63) is 60.2 Å². The lowest BCUT2D eigenvalue weighted by molar-refractivity contribution is -0.123. The first-order valence-electron chi connectivity index (χ1n) is 6.91. The Hall–Kier alpha value is -2.90. The van der Waals surface area contributed by atoms with Gasteiger partial charge in [-0.3, -0.25) is 4.79 Å². The largest absolute Gasteiger partial charge is 0.405 e. The van der Waals surface area contributed by atoms with Crippen molar-refractivity contribution in [2.24, 2.45) is 0 Å². The normalized spacial score (nSPS) is 11.7. The van der Waals surface area contributed by atoms with Crippen LogP contribution >= 0.6 is 0 Å². The average molecular weight is 337 g/mol. The number of carbonyl (C=O) groups excluding carboxylic acids is 1. The summed E-state index contributed by atoms with van der Waals surface area (Å²) in [7, 11) is 0. The molecule has 0 saturated carbocycles.